The van der Waals surface area contributed by atoms with Gasteiger partial charge in [0.15, 0.2) is 5.82 Å². The van der Waals surface area contributed by atoms with Crippen molar-refractivity contribution >= 4 is 29.2 Å². The van der Waals surface area contributed by atoms with Crippen molar-refractivity contribution in [3.63, 3.8) is 0 Å². The Balaban J connectivity index is 1.23. The summed E-state index contributed by atoms with van der Waals surface area (Å²) in [5.41, 5.74) is 1.71. The first-order chi connectivity index (χ1) is 14.1. The van der Waals surface area contributed by atoms with Crippen molar-refractivity contribution in [2.75, 3.05) is 42.9 Å². The molecule has 9 heteroatoms. The molecule has 150 valence electrons. The van der Waals surface area contributed by atoms with Crippen LogP contribution in [0, 0.1) is 0 Å². The molecule has 9 nitrogen and oxygen atoms in total. The minimum Gasteiger partial charge on any atom is -0.370 e. The van der Waals surface area contributed by atoms with Crippen LogP contribution in [-0.4, -0.2) is 65.5 Å². The molecule has 3 amide bonds. The van der Waals surface area contributed by atoms with Gasteiger partial charge >= 0.3 is 0 Å². The Hall–Kier alpha value is -3.49. The third kappa shape index (κ3) is 4.03. The maximum Gasteiger partial charge on any atom is 0.262 e. The number of rotatable bonds is 7. The van der Waals surface area contributed by atoms with Crippen LogP contribution in [0.4, 0.5) is 11.5 Å². The molecule has 2 aromatic rings. The summed E-state index contributed by atoms with van der Waals surface area (Å²) in [6.07, 6.45) is 4.12. The van der Waals surface area contributed by atoms with E-state index in [1.807, 2.05) is 6.07 Å². The third-order valence-electron chi connectivity index (χ3n) is 5.04. The molecule has 1 aromatic heterocycles. The second-order valence-corrected chi connectivity index (χ2v) is 7.01. The molecule has 1 fully saturated rings. The molecule has 0 saturated carbocycles. The summed E-state index contributed by atoms with van der Waals surface area (Å²) in [7, 11) is 0. The molecule has 2 aliphatic heterocycles. The highest BCUT2D eigenvalue weighted by atomic mass is 16.2. The molecule has 4 rings (SSSR count). The Morgan fingerprint density at radius 3 is 2.41 bits per heavy atom. The van der Waals surface area contributed by atoms with E-state index in [1.54, 1.807) is 30.5 Å². The number of carbonyl (C=O) groups is 3. The monoisotopic (exact) mass is 394 g/mol. The molecule has 0 spiro atoms. The predicted octanol–water partition coefficient (Wildman–Crippen LogP) is 0.901. The fraction of sp³-hybridized carbons (Fsp3) is 0.350. The fourth-order valence-corrected chi connectivity index (χ4v) is 3.57. The molecule has 29 heavy (non-hydrogen) atoms. The van der Waals surface area contributed by atoms with Gasteiger partial charge < -0.3 is 15.5 Å². The number of benzene rings is 1. The van der Waals surface area contributed by atoms with Crippen molar-refractivity contribution in [1.29, 1.82) is 0 Å². The van der Waals surface area contributed by atoms with Gasteiger partial charge in [0, 0.05) is 32.2 Å². The van der Waals surface area contributed by atoms with Crippen LogP contribution in [0.3, 0.4) is 0 Å². The first-order valence-corrected chi connectivity index (χ1v) is 9.67. The summed E-state index contributed by atoms with van der Waals surface area (Å²) in [5, 5.41) is 13.9. The number of fused-ring (bicyclic) bond motifs is 1. The molecule has 2 N–H and O–H groups in total. The number of nitrogens with zero attached hydrogens (tertiary/aromatic N) is 4. The van der Waals surface area contributed by atoms with Gasteiger partial charge in [-0.1, -0.05) is 12.1 Å². The van der Waals surface area contributed by atoms with E-state index in [9.17, 15) is 14.4 Å². The Bertz CT molecular complexity index is 906. The van der Waals surface area contributed by atoms with Gasteiger partial charge in [0.05, 0.1) is 23.0 Å². The van der Waals surface area contributed by atoms with Gasteiger partial charge in [-0.25, -0.2) is 0 Å². The molecule has 0 bridgehead atoms. The molecular formula is C20H22N6O3. The maximum absolute atomic E-state index is 12.3. The maximum atomic E-state index is 12.3. The third-order valence-corrected chi connectivity index (χ3v) is 5.04. The second kappa shape index (κ2) is 8.26. The lowest BCUT2D eigenvalue weighted by Crippen LogP contribution is -2.41. The largest absolute Gasteiger partial charge is 0.370 e. The zero-order valence-electron chi connectivity index (χ0n) is 15.9. The van der Waals surface area contributed by atoms with E-state index in [0.29, 0.717) is 30.0 Å². The van der Waals surface area contributed by atoms with Crippen molar-refractivity contribution < 1.29 is 14.4 Å². The average molecular weight is 394 g/mol. The Kier molecular flexibility index (Phi) is 5.37. The summed E-state index contributed by atoms with van der Waals surface area (Å²) in [6.45, 7) is 2.54. The summed E-state index contributed by atoms with van der Waals surface area (Å²) < 4.78 is 0. The highest BCUT2D eigenvalue weighted by molar-refractivity contribution is 6.22. The highest BCUT2D eigenvalue weighted by Crippen LogP contribution is 2.22. The van der Waals surface area contributed by atoms with Crippen LogP contribution in [0.2, 0.25) is 0 Å². The van der Waals surface area contributed by atoms with Gasteiger partial charge in [-0.3, -0.25) is 19.3 Å². The van der Waals surface area contributed by atoms with Crippen LogP contribution in [-0.2, 0) is 4.79 Å². The van der Waals surface area contributed by atoms with E-state index in [2.05, 4.69) is 25.7 Å². The molecule has 0 unspecified atom stereocenters. The summed E-state index contributed by atoms with van der Waals surface area (Å²) >= 11 is 0. The van der Waals surface area contributed by atoms with Crippen LogP contribution >= 0.6 is 0 Å². The first-order valence-electron chi connectivity index (χ1n) is 9.67. The van der Waals surface area contributed by atoms with E-state index in [0.717, 1.165) is 23.7 Å². The van der Waals surface area contributed by atoms with E-state index < -0.39 is 17.7 Å². The van der Waals surface area contributed by atoms with Crippen LogP contribution in [0.25, 0.3) is 0 Å². The lowest BCUT2D eigenvalue weighted by Gasteiger charge is -2.17. The predicted molar refractivity (Wildman–Crippen MR) is 107 cm³/mol. The highest BCUT2D eigenvalue weighted by Gasteiger charge is 2.36. The standard InChI is InChI=1S/C20H22N6O3/c27-18(13-26-19(28)15-5-1-2-6-16(15)20(26)29)22-8-7-21-17-11-14(12-23-24-17)25-9-3-4-10-25/h1-2,5-6,11-12H,3-4,7-10,13H2,(H,21,24)(H,22,27). The van der Waals surface area contributed by atoms with Crippen molar-refractivity contribution in [3.05, 3.63) is 47.7 Å². The normalized spacial score (nSPS) is 15.6. The van der Waals surface area contributed by atoms with Gasteiger partial charge in [-0.05, 0) is 25.0 Å². The minimum absolute atomic E-state index is 0.295. The number of imide groups is 1. The Morgan fingerprint density at radius 1 is 1.03 bits per heavy atom. The summed E-state index contributed by atoms with van der Waals surface area (Å²) in [4.78, 5) is 40.0. The summed E-state index contributed by atoms with van der Waals surface area (Å²) in [5.74, 6) is -0.622. The van der Waals surface area contributed by atoms with Crippen molar-refractivity contribution in [2.24, 2.45) is 0 Å². The average Bonchev–Trinajstić information content (AvgIpc) is 3.36. The van der Waals surface area contributed by atoms with Gasteiger partial charge in [-0.15, -0.1) is 5.10 Å². The van der Waals surface area contributed by atoms with Crippen LogP contribution < -0.4 is 15.5 Å². The fourth-order valence-electron chi connectivity index (χ4n) is 3.57. The van der Waals surface area contributed by atoms with E-state index >= 15 is 0 Å². The SMILES string of the molecule is O=C(CN1C(=O)c2ccccc2C1=O)NCCNc1cc(N2CCCC2)cnn1. The van der Waals surface area contributed by atoms with Gasteiger partial charge in [0.2, 0.25) is 5.91 Å². The van der Waals surface area contributed by atoms with Crippen molar-refractivity contribution in [1.82, 2.24) is 20.4 Å². The van der Waals surface area contributed by atoms with Crippen molar-refractivity contribution in [2.45, 2.75) is 12.8 Å². The Morgan fingerprint density at radius 2 is 1.72 bits per heavy atom. The number of hydrogen-bond acceptors (Lipinski definition) is 7. The Labute approximate surface area is 168 Å². The number of hydrogen-bond donors (Lipinski definition) is 2. The molecule has 0 aliphatic carbocycles. The zero-order valence-corrected chi connectivity index (χ0v) is 15.9. The van der Waals surface area contributed by atoms with Gasteiger partial charge in [-0.2, -0.15) is 5.10 Å². The van der Waals surface area contributed by atoms with Gasteiger partial charge in [0.1, 0.15) is 6.54 Å². The van der Waals surface area contributed by atoms with Crippen LogP contribution in [0.15, 0.2) is 36.5 Å². The molecule has 1 aromatic carbocycles. The number of anilines is 2. The smallest absolute Gasteiger partial charge is 0.262 e. The number of amides is 3. The van der Waals surface area contributed by atoms with Crippen LogP contribution in [0.1, 0.15) is 33.6 Å². The molecule has 1 saturated heterocycles. The topological polar surface area (TPSA) is 108 Å². The first kappa shape index (κ1) is 18.9. The van der Waals surface area contributed by atoms with Gasteiger partial charge in [0.25, 0.3) is 11.8 Å². The molecule has 3 heterocycles. The molecule has 0 radical (unpaired) electrons. The molecule has 0 atom stereocenters. The summed E-state index contributed by atoms with van der Waals surface area (Å²) in [6, 6.07) is 8.52. The molecule has 2 aliphatic rings. The quantitative estimate of drug-likeness (QED) is 0.531. The number of aromatic nitrogens is 2. The van der Waals surface area contributed by atoms with E-state index in [4.69, 9.17) is 0 Å². The number of carbonyl (C=O) groups excluding carboxylic acids is 3. The zero-order chi connectivity index (χ0) is 20.2. The lowest BCUT2D eigenvalue weighted by molar-refractivity contribution is -0.121. The van der Waals surface area contributed by atoms with E-state index in [1.165, 1.54) is 12.8 Å². The molecular weight excluding hydrogens is 372 g/mol. The second-order valence-electron chi connectivity index (χ2n) is 7.01. The lowest BCUT2D eigenvalue weighted by atomic mass is 10.1. The minimum atomic E-state index is -0.437. The van der Waals surface area contributed by atoms with Crippen LogP contribution in [0.5, 0.6) is 0 Å². The van der Waals surface area contributed by atoms with Crippen molar-refractivity contribution in [3.8, 4) is 0 Å². The van der Waals surface area contributed by atoms with E-state index in [-0.39, 0.29) is 6.54 Å². The number of nitrogens with one attached hydrogen (secondary N) is 2.